The molecule has 2 aromatic carbocycles. The number of carbonyl (C=O) groups is 1. The molecule has 0 fully saturated rings. The topological polar surface area (TPSA) is 51.2 Å². The van der Waals surface area contributed by atoms with Gasteiger partial charge in [-0.05, 0) is 40.2 Å². The lowest BCUT2D eigenvalue weighted by atomic mass is 10.1. The van der Waals surface area contributed by atoms with Gasteiger partial charge in [0.2, 0.25) is 15.6 Å². The van der Waals surface area contributed by atoms with E-state index in [4.69, 9.17) is 23.2 Å². The predicted molar refractivity (Wildman–Crippen MR) is 86.9 cm³/mol. The quantitative estimate of drug-likeness (QED) is 0.561. The fourth-order valence-electron chi connectivity index (χ4n) is 1.64. The SMILES string of the molecule is O=C(c1ccccc1)C(Cl)(Br)S(=O)(=O)c1ccc(Cl)cc1. The summed E-state index contributed by atoms with van der Waals surface area (Å²) in [6.07, 6.45) is 0. The van der Waals surface area contributed by atoms with Crippen LogP contribution >= 0.6 is 39.1 Å². The molecule has 0 spiro atoms. The first kappa shape index (κ1) is 16.5. The number of halogens is 3. The van der Waals surface area contributed by atoms with Crippen molar-refractivity contribution in [3.63, 3.8) is 0 Å². The van der Waals surface area contributed by atoms with E-state index in [1.807, 2.05) is 0 Å². The summed E-state index contributed by atoms with van der Waals surface area (Å²) < 4.78 is 22.8. The molecule has 0 radical (unpaired) electrons. The highest BCUT2D eigenvalue weighted by Crippen LogP contribution is 2.39. The number of hydrogen-bond donors (Lipinski definition) is 0. The van der Waals surface area contributed by atoms with Crippen LogP contribution in [0.25, 0.3) is 0 Å². The van der Waals surface area contributed by atoms with Gasteiger partial charge >= 0.3 is 0 Å². The van der Waals surface area contributed by atoms with Gasteiger partial charge in [-0.25, -0.2) is 8.42 Å². The predicted octanol–water partition coefficient (Wildman–Crippen LogP) is 4.28. The second-order valence-electron chi connectivity index (χ2n) is 4.17. The Morgan fingerprint density at radius 1 is 1.00 bits per heavy atom. The monoisotopic (exact) mass is 406 g/mol. The molecule has 7 heteroatoms. The van der Waals surface area contributed by atoms with Gasteiger partial charge in [0, 0.05) is 10.6 Å². The molecule has 0 aliphatic carbocycles. The zero-order valence-electron chi connectivity index (χ0n) is 10.5. The highest BCUT2D eigenvalue weighted by atomic mass is 79.9. The number of hydrogen-bond acceptors (Lipinski definition) is 3. The van der Waals surface area contributed by atoms with E-state index in [2.05, 4.69) is 15.9 Å². The summed E-state index contributed by atoms with van der Waals surface area (Å²) in [5.41, 5.74) is 0.196. The second kappa shape index (κ2) is 6.08. The van der Waals surface area contributed by atoms with E-state index in [9.17, 15) is 13.2 Å². The molecule has 0 saturated heterocycles. The normalized spacial score (nSPS) is 14.4. The largest absolute Gasteiger partial charge is 0.290 e. The summed E-state index contributed by atoms with van der Waals surface area (Å²) in [6.45, 7) is 0. The van der Waals surface area contributed by atoms with Crippen LogP contribution in [-0.2, 0) is 9.84 Å². The molecule has 21 heavy (non-hydrogen) atoms. The minimum Gasteiger partial charge on any atom is -0.290 e. The summed E-state index contributed by atoms with van der Waals surface area (Å²) in [5, 5.41) is 0.387. The van der Waals surface area contributed by atoms with Crippen LogP contribution in [0.5, 0.6) is 0 Å². The van der Waals surface area contributed by atoms with Gasteiger partial charge in [0.15, 0.2) is 0 Å². The fraction of sp³-hybridized carbons (Fsp3) is 0.0714. The summed E-state index contributed by atoms with van der Waals surface area (Å²) >= 11 is 14.6. The Morgan fingerprint density at radius 3 is 2.05 bits per heavy atom. The van der Waals surface area contributed by atoms with E-state index in [-0.39, 0.29) is 10.5 Å². The van der Waals surface area contributed by atoms with Gasteiger partial charge in [0.1, 0.15) is 0 Å². The second-order valence-corrected chi connectivity index (χ2v) is 9.66. The molecule has 3 nitrogen and oxygen atoms in total. The van der Waals surface area contributed by atoms with Crippen LogP contribution in [0.15, 0.2) is 59.5 Å². The summed E-state index contributed by atoms with van der Waals surface area (Å²) in [7, 11) is -4.13. The molecule has 0 aromatic heterocycles. The lowest BCUT2D eigenvalue weighted by molar-refractivity contribution is 0.1000. The zero-order valence-corrected chi connectivity index (χ0v) is 14.4. The average molecular weight is 408 g/mol. The third-order valence-corrected chi connectivity index (χ3v) is 7.19. The minimum absolute atomic E-state index is 0.0944. The third kappa shape index (κ3) is 3.16. The molecule has 110 valence electrons. The van der Waals surface area contributed by atoms with Crippen LogP contribution in [0.3, 0.4) is 0 Å². The number of rotatable bonds is 4. The fourth-order valence-corrected chi connectivity index (χ4v) is 4.09. The highest BCUT2D eigenvalue weighted by Gasteiger charge is 2.48. The molecule has 2 rings (SSSR count). The maximum absolute atomic E-state index is 12.5. The standard InChI is InChI=1S/C14H9BrCl2O3S/c15-14(17,13(18)10-4-2-1-3-5-10)21(19,20)12-8-6-11(16)7-9-12/h1-9H. The Kier molecular flexibility index (Phi) is 4.78. The lowest BCUT2D eigenvalue weighted by Crippen LogP contribution is -2.35. The Bertz CT molecular complexity index is 757. The van der Waals surface area contributed by atoms with Gasteiger partial charge in [-0.2, -0.15) is 0 Å². The van der Waals surface area contributed by atoms with Crippen molar-refractivity contribution in [3.05, 3.63) is 65.2 Å². The molecule has 1 unspecified atom stereocenters. The van der Waals surface area contributed by atoms with Crippen LogP contribution in [0.4, 0.5) is 0 Å². The molecule has 0 bridgehead atoms. The first-order valence-electron chi connectivity index (χ1n) is 5.74. The van der Waals surface area contributed by atoms with Crippen LogP contribution in [0.1, 0.15) is 10.4 Å². The molecule has 0 N–H and O–H groups in total. The molecular weight excluding hydrogens is 399 g/mol. The van der Waals surface area contributed by atoms with Crippen LogP contribution in [0.2, 0.25) is 5.02 Å². The number of carbonyl (C=O) groups excluding carboxylic acids is 1. The molecule has 0 aliphatic heterocycles. The molecule has 2 aromatic rings. The minimum atomic E-state index is -4.13. The summed E-state index contributed by atoms with van der Waals surface area (Å²) in [5.74, 6) is -0.750. The van der Waals surface area contributed by atoms with E-state index in [0.29, 0.717) is 5.02 Å². The number of Topliss-reactive ketones (excluding diaryl/α,β-unsaturated/α-hetero) is 1. The first-order chi connectivity index (χ1) is 9.76. The van der Waals surface area contributed by atoms with Crippen molar-refractivity contribution in [1.29, 1.82) is 0 Å². The van der Waals surface area contributed by atoms with Gasteiger partial charge in [0.25, 0.3) is 3.12 Å². The Balaban J connectivity index is 2.47. The van der Waals surface area contributed by atoms with Crippen LogP contribution in [-0.4, -0.2) is 17.3 Å². The van der Waals surface area contributed by atoms with Gasteiger partial charge in [-0.3, -0.25) is 4.79 Å². The number of ketones is 1. The summed E-state index contributed by atoms with van der Waals surface area (Å²) in [4.78, 5) is 12.3. The smallest absolute Gasteiger partial charge is 0.266 e. The van der Waals surface area contributed by atoms with Crippen molar-refractivity contribution >= 4 is 54.8 Å². The maximum atomic E-state index is 12.5. The van der Waals surface area contributed by atoms with Gasteiger partial charge in [-0.15, -0.1) is 0 Å². The van der Waals surface area contributed by atoms with Crippen molar-refractivity contribution < 1.29 is 13.2 Å². The molecule has 0 saturated carbocycles. The Labute approximate surface area is 140 Å². The van der Waals surface area contributed by atoms with E-state index < -0.39 is 18.7 Å². The summed E-state index contributed by atoms with van der Waals surface area (Å²) in [6, 6.07) is 13.4. The van der Waals surface area contributed by atoms with E-state index in [1.54, 1.807) is 18.2 Å². The van der Waals surface area contributed by atoms with Gasteiger partial charge in [0.05, 0.1) is 4.90 Å². The molecule has 0 aliphatic rings. The number of benzene rings is 2. The molecular formula is C14H9BrCl2O3S. The first-order valence-corrected chi connectivity index (χ1v) is 8.78. The number of alkyl halides is 2. The van der Waals surface area contributed by atoms with E-state index in [0.717, 1.165) is 0 Å². The number of sulfone groups is 1. The van der Waals surface area contributed by atoms with E-state index >= 15 is 0 Å². The lowest BCUT2D eigenvalue weighted by Gasteiger charge is -2.19. The molecule has 1 atom stereocenters. The van der Waals surface area contributed by atoms with Crippen molar-refractivity contribution in [2.75, 3.05) is 0 Å². The van der Waals surface area contributed by atoms with Crippen LogP contribution < -0.4 is 0 Å². The van der Waals surface area contributed by atoms with Gasteiger partial charge in [-0.1, -0.05) is 53.5 Å². The highest BCUT2D eigenvalue weighted by molar-refractivity contribution is 9.12. The van der Waals surface area contributed by atoms with Crippen molar-refractivity contribution in [1.82, 2.24) is 0 Å². The van der Waals surface area contributed by atoms with Crippen LogP contribution in [0, 0.1) is 0 Å². The average Bonchev–Trinajstić information content (AvgIpc) is 2.47. The Hall–Kier alpha value is -0.880. The maximum Gasteiger partial charge on any atom is 0.266 e. The molecule has 0 heterocycles. The van der Waals surface area contributed by atoms with E-state index in [1.165, 1.54) is 36.4 Å². The van der Waals surface area contributed by atoms with Crippen molar-refractivity contribution in [3.8, 4) is 0 Å². The zero-order chi connectivity index (χ0) is 15.7. The molecule has 0 amide bonds. The van der Waals surface area contributed by atoms with Crippen molar-refractivity contribution in [2.45, 2.75) is 8.01 Å². The third-order valence-electron chi connectivity index (χ3n) is 2.76. The van der Waals surface area contributed by atoms with Crippen molar-refractivity contribution in [2.24, 2.45) is 0 Å². The van der Waals surface area contributed by atoms with Gasteiger partial charge < -0.3 is 0 Å². The Morgan fingerprint density at radius 2 is 1.52 bits per heavy atom.